The average molecular weight is 132 g/mol. The van der Waals surface area contributed by atoms with Crippen molar-refractivity contribution in [3.8, 4) is 0 Å². The Morgan fingerprint density at radius 2 is 2.56 bits per heavy atom. The molecule has 0 radical (unpaired) electrons. The summed E-state index contributed by atoms with van der Waals surface area (Å²) < 4.78 is 9.07. The quantitative estimate of drug-likeness (QED) is 0.461. The standard InChI is InChI=1S/C5H8O4/c1-8-4-3(6)2-9-5(4)7/h3-4,6H,2H2,1H3/t3?,4-/m0/s1. The molecule has 9 heavy (non-hydrogen) atoms. The fourth-order valence-corrected chi connectivity index (χ4v) is 0.747. The molecule has 0 amide bonds. The maximum absolute atomic E-state index is 10.5. The molecule has 1 unspecified atom stereocenters. The van der Waals surface area contributed by atoms with E-state index in [1.54, 1.807) is 0 Å². The van der Waals surface area contributed by atoms with Crippen molar-refractivity contribution in [2.75, 3.05) is 13.7 Å². The molecule has 4 heteroatoms. The van der Waals surface area contributed by atoms with E-state index in [9.17, 15) is 4.79 Å². The Hall–Kier alpha value is -0.610. The molecule has 0 saturated carbocycles. The van der Waals surface area contributed by atoms with Crippen LogP contribution >= 0.6 is 0 Å². The Balaban J connectivity index is 2.55. The first-order valence-corrected chi connectivity index (χ1v) is 2.63. The van der Waals surface area contributed by atoms with E-state index in [1.807, 2.05) is 0 Å². The topological polar surface area (TPSA) is 55.8 Å². The first-order chi connectivity index (χ1) is 4.25. The molecule has 52 valence electrons. The Morgan fingerprint density at radius 1 is 1.89 bits per heavy atom. The zero-order valence-corrected chi connectivity index (χ0v) is 5.03. The van der Waals surface area contributed by atoms with Gasteiger partial charge in [-0.2, -0.15) is 0 Å². The van der Waals surface area contributed by atoms with Gasteiger partial charge in [-0.05, 0) is 0 Å². The Kier molecular flexibility index (Phi) is 1.68. The predicted molar refractivity (Wildman–Crippen MR) is 27.8 cm³/mol. The smallest absolute Gasteiger partial charge is 0.338 e. The van der Waals surface area contributed by atoms with E-state index < -0.39 is 18.2 Å². The fourth-order valence-electron chi connectivity index (χ4n) is 0.747. The summed E-state index contributed by atoms with van der Waals surface area (Å²) >= 11 is 0. The van der Waals surface area contributed by atoms with Gasteiger partial charge in [-0.1, -0.05) is 0 Å². The second-order valence-electron chi connectivity index (χ2n) is 1.85. The zero-order valence-electron chi connectivity index (χ0n) is 5.03. The molecule has 0 spiro atoms. The highest BCUT2D eigenvalue weighted by Gasteiger charge is 2.35. The number of hydrogen-bond donors (Lipinski definition) is 1. The predicted octanol–water partition coefficient (Wildman–Crippen LogP) is -1.08. The number of aliphatic hydroxyl groups is 1. The minimum atomic E-state index is -0.789. The summed E-state index contributed by atoms with van der Waals surface area (Å²) in [5.41, 5.74) is 0. The number of aliphatic hydroxyl groups excluding tert-OH is 1. The molecule has 1 aliphatic heterocycles. The maximum atomic E-state index is 10.5. The summed E-state index contributed by atoms with van der Waals surface area (Å²) in [6, 6.07) is 0. The highest BCUT2D eigenvalue weighted by Crippen LogP contribution is 2.09. The number of carbonyl (C=O) groups excluding carboxylic acids is 1. The van der Waals surface area contributed by atoms with Crippen molar-refractivity contribution in [3.05, 3.63) is 0 Å². The minimum Gasteiger partial charge on any atom is -0.461 e. The minimum absolute atomic E-state index is 0.0529. The van der Waals surface area contributed by atoms with Gasteiger partial charge in [-0.15, -0.1) is 0 Å². The van der Waals surface area contributed by atoms with Crippen LogP contribution in [0.15, 0.2) is 0 Å². The van der Waals surface area contributed by atoms with Gasteiger partial charge >= 0.3 is 5.97 Å². The lowest BCUT2D eigenvalue weighted by atomic mass is 10.2. The molecule has 1 aliphatic rings. The maximum Gasteiger partial charge on any atom is 0.338 e. The van der Waals surface area contributed by atoms with E-state index in [4.69, 9.17) is 5.11 Å². The third-order valence-electron chi connectivity index (χ3n) is 1.23. The highest BCUT2D eigenvalue weighted by atomic mass is 16.6. The van der Waals surface area contributed by atoms with Crippen molar-refractivity contribution < 1.29 is 19.4 Å². The molecule has 1 rings (SSSR count). The van der Waals surface area contributed by atoms with Crippen molar-refractivity contribution in [2.45, 2.75) is 12.2 Å². The number of cyclic esters (lactones) is 1. The molecule has 0 aliphatic carbocycles. The molecule has 4 nitrogen and oxygen atoms in total. The zero-order chi connectivity index (χ0) is 6.85. The van der Waals surface area contributed by atoms with Gasteiger partial charge in [0.1, 0.15) is 12.7 Å². The summed E-state index contributed by atoms with van der Waals surface area (Å²) in [5, 5.41) is 8.89. The lowest BCUT2D eigenvalue weighted by Crippen LogP contribution is -2.28. The van der Waals surface area contributed by atoms with Crippen LogP contribution in [-0.2, 0) is 14.3 Å². The van der Waals surface area contributed by atoms with Gasteiger partial charge in [0.2, 0.25) is 0 Å². The Morgan fingerprint density at radius 3 is 2.78 bits per heavy atom. The van der Waals surface area contributed by atoms with E-state index in [2.05, 4.69) is 9.47 Å². The van der Waals surface area contributed by atoms with Crippen LogP contribution in [0.4, 0.5) is 0 Å². The van der Waals surface area contributed by atoms with Crippen LogP contribution in [0.1, 0.15) is 0 Å². The number of esters is 1. The highest BCUT2D eigenvalue weighted by molar-refractivity contribution is 5.77. The molecule has 0 aromatic heterocycles. The monoisotopic (exact) mass is 132 g/mol. The summed E-state index contributed by atoms with van der Waals surface area (Å²) in [6.07, 6.45) is -1.56. The van der Waals surface area contributed by atoms with Crippen molar-refractivity contribution in [3.63, 3.8) is 0 Å². The second kappa shape index (κ2) is 2.33. The van der Waals surface area contributed by atoms with Gasteiger partial charge in [0.15, 0.2) is 6.10 Å². The number of methoxy groups -OCH3 is 1. The number of rotatable bonds is 1. The van der Waals surface area contributed by atoms with Gasteiger partial charge in [0.05, 0.1) is 0 Å². The number of ether oxygens (including phenoxy) is 2. The number of carbonyl (C=O) groups is 1. The molecular formula is C5H8O4. The lowest BCUT2D eigenvalue weighted by Gasteiger charge is -2.04. The van der Waals surface area contributed by atoms with Crippen molar-refractivity contribution in [2.24, 2.45) is 0 Å². The lowest BCUT2D eigenvalue weighted by molar-refractivity contribution is -0.146. The van der Waals surface area contributed by atoms with Crippen molar-refractivity contribution >= 4 is 5.97 Å². The van der Waals surface area contributed by atoms with Gasteiger partial charge in [-0.3, -0.25) is 0 Å². The van der Waals surface area contributed by atoms with Crippen LogP contribution in [0, 0.1) is 0 Å². The van der Waals surface area contributed by atoms with Gasteiger partial charge < -0.3 is 14.6 Å². The van der Waals surface area contributed by atoms with Gasteiger partial charge in [0.25, 0.3) is 0 Å². The summed E-state index contributed by atoms with van der Waals surface area (Å²) in [4.78, 5) is 10.5. The Labute approximate surface area is 52.4 Å². The second-order valence-corrected chi connectivity index (χ2v) is 1.85. The summed E-state index contributed by atoms with van der Waals surface area (Å²) in [6.45, 7) is 0.0529. The van der Waals surface area contributed by atoms with E-state index in [0.717, 1.165) is 0 Å². The van der Waals surface area contributed by atoms with E-state index in [1.165, 1.54) is 7.11 Å². The molecule has 1 heterocycles. The molecule has 1 saturated heterocycles. The molecule has 0 bridgehead atoms. The molecule has 0 aromatic rings. The Bertz CT molecular complexity index is 122. The van der Waals surface area contributed by atoms with Crippen LogP contribution in [0.3, 0.4) is 0 Å². The fraction of sp³-hybridized carbons (Fsp3) is 0.800. The third-order valence-corrected chi connectivity index (χ3v) is 1.23. The van der Waals surface area contributed by atoms with Crippen LogP contribution in [0.25, 0.3) is 0 Å². The van der Waals surface area contributed by atoms with Crippen LogP contribution in [0.5, 0.6) is 0 Å². The van der Waals surface area contributed by atoms with Crippen LogP contribution < -0.4 is 0 Å². The molecule has 1 N–H and O–H groups in total. The van der Waals surface area contributed by atoms with E-state index in [0.29, 0.717) is 0 Å². The molecular weight excluding hydrogens is 124 g/mol. The number of hydrogen-bond acceptors (Lipinski definition) is 4. The first kappa shape index (κ1) is 6.51. The van der Waals surface area contributed by atoms with Crippen molar-refractivity contribution in [1.29, 1.82) is 0 Å². The van der Waals surface area contributed by atoms with Crippen molar-refractivity contribution in [1.82, 2.24) is 0 Å². The van der Waals surface area contributed by atoms with Crippen LogP contribution in [0.2, 0.25) is 0 Å². The van der Waals surface area contributed by atoms with E-state index in [-0.39, 0.29) is 6.61 Å². The third kappa shape index (κ3) is 1.04. The van der Waals surface area contributed by atoms with Gasteiger partial charge in [0, 0.05) is 7.11 Å². The normalized spacial score (nSPS) is 34.7. The molecule has 1 fully saturated rings. The summed E-state index contributed by atoms with van der Waals surface area (Å²) in [5.74, 6) is -0.481. The molecule has 0 aromatic carbocycles. The van der Waals surface area contributed by atoms with Gasteiger partial charge in [-0.25, -0.2) is 4.79 Å². The molecule has 2 atom stereocenters. The largest absolute Gasteiger partial charge is 0.461 e. The van der Waals surface area contributed by atoms with E-state index >= 15 is 0 Å². The summed E-state index contributed by atoms with van der Waals surface area (Å²) in [7, 11) is 1.36. The average Bonchev–Trinajstić information content (AvgIpc) is 2.12. The first-order valence-electron chi connectivity index (χ1n) is 2.63. The van der Waals surface area contributed by atoms with Crippen LogP contribution in [-0.4, -0.2) is 37.0 Å². The SMILES string of the molecule is CO[C@@H]1C(=O)OCC1O.